The summed E-state index contributed by atoms with van der Waals surface area (Å²) in [5, 5.41) is 0.536. The second kappa shape index (κ2) is 9.30. The third kappa shape index (κ3) is 6.23. The molecular weight excluding hydrogens is 462 g/mol. The first-order valence-electron chi connectivity index (χ1n) is 10.6. The molecule has 3 fully saturated rings. The maximum absolute atomic E-state index is 12.6. The fraction of sp³-hybridized carbons (Fsp3) is 0.778. The van der Waals surface area contributed by atoms with E-state index in [0.29, 0.717) is 24.4 Å². The number of hydrogen-bond donors (Lipinski definition) is 3. The molecule has 33 heavy (non-hydrogen) atoms. The molecule has 3 saturated heterocycles. The molecule has 0 aromatic heterocycles. The van der Waals surface area contributed by atoms with Crippen LogP contribution in [0.1, 0.15) is 46.5 Å². The van der Waals surface area contributed by atoms with E-state index in [1.807, 2.05) is 0 Å². The van der Waals surface area contributed by atoms with Gasteiger partial charge in [0.25, 0.3) is 5.91 Å². The molecule has 15 heteroatoms. The van der Waals surface area contributed by atoms with Crippen molar-refractivity contribution < 1.29 is 41.2 Å². The van der Waals surface area contributed by atoms with Gasteiger partial charge in [-0.25, -0.2) is 9.59 Å². The van der Waals surface area contributed by atoms with Crippen LogP contribution in [0.2, 0.25) is 0 Å². The van der Waals surface area contributed by atoms with Crippen LogP contribution in [-0.4, -0.2) is 89.1 Å². The highest BCUT2D eigenvalue weighted by Gasteiger charge is 2.49. The average Bonchev–Trinajstić information content (AvgIpc) is 2.94. The molecule has 3 N–H and O–H groups in total. The molecule has 0 spiro atoms. The lowest BCUT2D eigenvalue weighted by Gasteiger charge is -2.33. The largest absolute Gasteiger partial charge is 0.444 e. The maximum Gasteiger partial charge on any atom is 0.418 e. The summed E-state index contributed by atoms with van der Waals surface area (Å²) in [5.41, 5.74) is 3.99. The topological polar surface area (TPSA) is 175 Å². The number of urea groups is 1. The van der Waals surface area contributed by atoms with Gasteiger partial charge in [-0.2, -0.15) is 13.5 Å². The third-order valence-electron chi connectivity index (χ3n) is 5.55. The van der Waals surface area contributed by atoms with Gasteiger partial charge >= 0.3 is 22.5 Å². The Kier molecular flexibility index (Phi) is 7.04. The van der Waals surface area contributed by atoms with Gasteiger partial charge in [0.15, 0.2) is 0 Å². The Hall–Kier alpha value is -2.65. The highest BCUT2D eigenvalue weighted by Crippen LogP contribution is 2.30. The zero-order valence-corrected chi connectivity index (χ0v) is 19.5. The quantitative estimate of drug-likeness (QED) is 0.355. The number of fused-ring (bicyclic) bond motifs is 2. The molecule has 3 atom stereocenters. The standard InChI is InChI=1S/C18H29N5O9S/c1-18(2,3)31-17(27)21-8-4-5-11(9-21)14(24)19-20-15(25)13-7-6-12-10-22(13)16(26)23(12)32-33(28,29)30/h11-13H,4-10H2,1-3H3,(H,19,24)(H,20,25)(H,28,29,30)/t11-,12+,13+/m1/s1. The van der Waals surface area contributed by atoms with Crippen LogP contribution < -0.4 is 10.9 Å². The summed E-state index contributed by atoms with van der Waals surface area (Å²) in [6.07, 6.45) is 1.08. The molecule has 3 aliphatic rings. The van der Waals surface area contributed by atoms with Gasteiger partial charge in [-0.1, -0.05) is 0 Å². The van der Waals surface area contributed by atoms with E-state index < -0.39 is 57.9 Å². The summed E-state index contributed by atoms with van der Waals surface area (Å²) in [6, 6.07) is -2.45. The summed E-state index contributed by atoms with van der Waals surface area (Å²) in [4.78, 5) is 52.4. The number of likely N-dealkylation sites (tertiary alicyclic amines) is 1. The van der Waals surface area contributed by atoms with Crippen LogP contribution in [0, 0.1) is 5.92 Å². The van der Waals surface area contributed by atoms with Gasteiger partial charge in [-0.3, -0.25) is 25.0 Å². The van der Waals surface area contributed by atoms with E-state index in [1.165, 1.54) is 4.90 Å². The summed E-state index contributed by atoms with van der Waals surface area (Å²) >= 11 is 0. The van der Waals surface area contributed by atoms with Crippen molar-refractivity contribution in [1.82, 2.24) is 25.7 Å². The van der Waals surface area contributed by atoms with Crippen molar-refractivity contribution in [2.45, 2.75) is 64.1 Å². The number of nitrogens with one attached hydrogen (secondary N) is 2. The highest BCUT2D eigenvalue weighted by atomic mass is 32.3. The molecule has 0 radical (unpaired) electrons. The number of carbonyl (C=O) groups is 4. The molecule has 2 bridgehead atoms. The molecule has 3 aliphatic heterocycles. The lowest BCUT2D eigenvalue weighted by Crippen LogP contribution is -2.56. The molecule has 0 saturated carbocycles. The van der Waals surface area contributed by atoms with Crippen LogP contribution >= 0.6 is 0 Å². The van der Waals surface area contributed by atoms with Gasteiger partial charge in [0, 0.05) is 19.6 Å². The van der Waals surface area contributed by atoms with E-state index >= 15 is 0 Å². The predicted molar refractivity (Wildman–Crippen MR) is 110 cm³/mol. The molecule has 3 heterocycles. The fourth-order valence-corrected chi connectivity index (χ4v) is 4.48. The van der Waals surface area contributed by atoms with Crippen LogP contribution in [0.5, 0.6) is 0 Å². The SMILES string of the molecule is CC(C)(C)OC(=O)N1CCC[C@@H](C(=O)NNC(=O)[C@@H]2CC[C@H]3CN2C(=O)N3OS(=O)(=O)O)C1. The summed E-state index contributed by atoms with van der Waals surface area (Å²) < 4.78 is 40.4. The number of hydrogen-bond acceptors (Lipinski definition) is 8. The van der Waals surface area contributed by atoms with Gasteiger partial charge in [-0.15, -0.1) is 4.28 Å². The molecule has 186 valence electrons. The number of carbonyl (C=O) groups excluding carboxylic acids is 4. The Balaban J connectivity index is 1.52. The number of hydroxylamine groups is 2. The summed E-state index contributed by atoms with van der Waals surface area (Å²) in [6.45, 7) is 5.90. The first-order chi connectivity index (χ1) is 15.2. The predicted octanol–water partition coefficient (Wildman–Crippen LogP) is -0.216. The Morgan fingerprint density at radius 3 is 2.36 bits per heavy atom. The summed E-state index contributed by atoms with van der Waals surface area (Å²) in [5.74, 6) is -1.67. The van der Waals surface area contributed by atoms with E-state index in [4.69, 9.17) is 9.29 Å². The minimum Gasteiger partial charge on any atom is -0.444 e. The monoisotopic (exact) mass is 491 g/mol. The minimum atomic E-state index is -4.89. The van der Waals surface area contributed by atoms with Crippen LogP contribution in [0.3, 0.4) is 0 Å². The number of ether oxygens (including phenoxy) is 1. The molecule has 0 aliphatic carbocycles. The van der Waals surface area contributed by atoms with Gasteiger partial charge in [0.05, 0.1) is 12.0 Å². The molecule has 3 rings (SSSR count). The third-order valence-corrected chi connectivity index (χ3v) is 5.90. The van der Waals surface area contributed by atoms with Crippen LogP contribution in [0.4, 0.5) is 9.59 Å². The van der Waals surface area contributed by atoms with Crippen LogP contribution in [0.15, 0.2) is 0 Å². The zero-order chi connectivity index (χ0) is 24.6. The van der Waals surface area contributed by atoms with Gasteiger partial charge in [-0.05, 0) is 46.5 Å². The first kappa shape index (κ1) is 25.0. The van der Waals surface area contributed by atoms with Crippen molar-refractivity contribution >= 4 is 34.3 Å². The molecule has 5 amide bonds. The fourth-order valence-electron chi connectivity index (χ4n) is 4.10. The highest BCUT2D eigenvalue weighted by molar-refractivity contribution is 7.80. The lowest BCUT2D eigenvalue weighted by molar-refractivity contribution is -0.134. The Bertz CT molecular complexity index is 919. The van der Waals surface area contributed by atoms with E-state index in [2.05, 4.69) is 15.1 Å². The van der Waals surface area contributed by atoms with Crippen molar-refractivity contribution in [2.24, 2.45) is 5.92 Å². The van der Waals surface area contributed by atoms with Gasteiger partial charge in [0.1, 0.15) is 11.6 Å². The Morgan fingerprint density at radius 2 is 1.73 bits per heavy atom. The van der Waals surface area contributed by atoms with Crippen LogP contribution in [-0.2, 0) is 29.0 Å². The van der Waals surface area contributed by atoms with Gasteiger partial charge in [0.2, 0.25) is 5.91 Å². The van der Waals surface area contributed by atoms with Crippen LogP contribution in [0.25, 0.3) is 0 Å². The summed E-state index contributed by atoms with van der Waals surface area (Å²) in [7, 11) is -4.89. The van der Waals surface area contributed by atoms with Crippen molar-refractivity contribution in [3.63, 3.8) is 0 Å². The average molecular weight is 492 g/mol. The number of hydrazine groups is 1. The van der Waals surface area contributed by atoms with Crippen molar-refractivity contribution in [3.8, 4) is 0 Å². The molecular formula is C18H29N5O9S. The molecule has 0 aromatic carbocycles. The first-order valence-corrected chi connectivity index (χ1v) is 12.0. The second-order valence-electron chi connectivity index (χ2n) is 9.25. The van der Waals surface area contributed by atoms with Crippen molar-refractivity contribution in [3.05, 3.63) is 0 Å². The van der Waals surface area contributed by atoms with Gasteiger partial charge < -0.3 is 14.5 Å². The Labute approximate surface area is 191 Å². The van der Waals surface area contributed by atoms with Crippen molar-refractivity contribution in [2.75, 3.05) is 19.6 Å². The van der Waals surface area contributed by atoms with E-state index in [0.717, 1.165) is 4.90 Å². The minimum absolute atomic E-state index is 0.0356. The molecule has 0 unspecified atom stereocenters. The van der Waals surface area contributed by atoms with E-state index in [-0.39, 0.29) is 25.9 Å². The number of nitrogens with zero attached hydrogens (tertiary/aromatic N) is 3. The Morgan fingerprint density at radius 1 is 1.06 bits per heavy atom. The number of amides is 5. The molecule has 14 nitrogen and oxygen atoms in total. The zero-order valence-electron chi connectivity index (χ0n) is 18.6. The smallest absolute Gasteiger partial charge is 0.418 e. The van der Waals surface area contributed by atoms with E-state index in [9.17, 15) is 27.6 Å². The second-order valence-corrected chi connectivity index (χ2v) is 10.3. The normalized spacial score (nSPS) is 25.6. The van der Waals surface area contributed by atoms with E-state index in [1.54, 1.807) is 20.8 Å². The maximum atomic E-state index is 12.6. The number of piperidine rings is 2. The lowest BCUT2D eigenvalue weighted by atomic mass is 9.97. The number of rotatable bonds is 4. The van der Waals surface area contributed by atoms with Crippen molar-refractivity contribution in [1.29, 1.82) is 0 Å². The molecule has 0 aromatic rings.